The van der Waals surface area contributed by atoms with E-state index in [9.17, 15) is 4.79 Å². The van der Waals surface area contributed by atoms with E-state index in [-0.39, 0.29) is 11.9 Å². The summed E-state index contributed by atoms with van der Waals surface area (Å²) < 4.78 is 9.64. The highest BCUT2D eigenvalue weighted by Gasteiger charge is 2.16. The first-order chi connectivity index (χ1) is 7.52. The minimum absolute atomic E-state index is 0.136. The highest BCUT2D eigenvalue weighted by molar-refractivity contribution is 5.72. The average Bonchev–Trinajstić information content (AvgIpc) is 2.62. The molecule has 0 saturated heterocycles. The zero-order valence-electron chi connectivity index (χ0n) is 10.2. The molecule has 0 radical (unpaired) electrons. The van der Waals surface area contributed by atoms with Gasteiger partial charge in [-0.15, -0.1) is 0 Å². The van der Waals surface area contributed by atoms with Crippen molar-refractivity contribution >= 4 is 5.97 Å². The van der Waals surface area contributed by atoms with Gasteiger partial charge in [-0.05, 0) is 14.0 Å². The van der Waals surface area contributed by atoms with Crippen molar-refractivity contribution in [3.05, 3.63) is 17.5 Å². The summed E-state index contributed by atoms with van der Waals surface area (Å²) in [6.07, 6.45) is 0. The fraction of sp³-hybridized carbons (Fsp3) is 0.636. The highest BCUT2D eigenvalue weighted by atomic mass is 16.5. The van der Waals surface area contributed by atoms with Crippen molar-refractivity contribution < 1.29 is 14.1 Å². The largest absolute Gasteiger partial charge is 0.469 e. The van der Waals surface area contributed by atoms with Gasteiger partial charge in [0.15, 0.2) is 0 Å². The van der Waals surface area contributed by atoms with Crippen molar-refractivity contribution in [3.63, 3.8) is 0 Å². The second kappa shape index (κ2) is 5.65. The topological polar surface area (TPSA) is 55.6 Å². The Morgan fingerprint density at radius 1 is 1.69 bits per heavy atom. The Labute approximate surface area is 95.4 Å². The van der Waals surface area contributed by atoms with E-state index in [1.165, 1.54) is 7.11 Å². The van der Waals surface area contributed by atoms with Gasteiger partial charge in [-0.2, -0.15) is 0 Å². The van der Waals surface area contributed by atoms with Crippen molar-refractivity contribution in [1.29, 1.82) is 0 Å². The van der Waals surface area contributed by atoms with E-state index in [0.717, 1.165) is 11.5 Å². The van der Waals surface area contributed by atoms with Crippen LogP contribution in [0.5, 0.6) is 0 Å². The Morgan fingerprint density at radius 2 is 2.38 bits per heavy atom. The van der Waals surface area contributed by atoms with Gasteiger partial charge in [-0.3, -0.25) is 9.69 Å². The fourth-order valence-corrected chi connectivity index (χ4v) is 1.58. The van der Waals surface area contributed by atoms with Crippen LogP contribution in [-0.2, 0) is 16.1 Å². The minimum Gasteiger partial charge on any atom is -0.469 e. The molecule has 90 valence electrons. The summed E-state index contributed by atoms with van der Waals surface area (Å²) in [5.74, 6) is 0.468. The van der Waals surface area contributed by atoms with Crippen LogP contribution in [-0.4, -0.2) is 36.7 Å². The van der Waals surface area contributed by atoms with E-state index in [4.69, 9.17) is 4.52 Å². The molecule has 0 bridgehead atoms. The maximum absolute atomic E-state index is 11.2. The van der Waals surface area contributed by atoms with Gasteiger partial charge < -0.3 is 9.26 Å². The first-order valence-corrected chi connectivity index (χ1v) is 5.21. The number of hydrogen-bond donors (Lipinski definition) is 0. The molecule has 0 aromatic carbocycles. The molecule has 0 N–H and O–H groups in total. The van der Waals surface area contributed by atoms with Gasteiger partial charge in [0.05, 0.1) is 18.7 Å². The van der Waals surface area contributed by atoms with E-state index < -0.39 is 0 Å². The van der Waals surface area contributed by atoms with Crippen molar-refractivity contribution in [2.24, 2.45) is 5.92 Å². The van der Waals surface area contributed by atoms with Crippen molar-refractivity contribution in [2.45, 2.75) is 20.4 Å². The molecule has 0 spiro atoms. The lowest BCUT2D eigenvalue weighted by Gasteiger charge is -2.18. The van der Waals surface area contributed by atoms with Crippen LogP contribution in [0.1, 0.15) is 18.4 Å². The monoisotopic (exact) mass is 226 g/mol. The number of esters is 1. The summed E-state index contributed by atoms with van der Waals surface area (Å²) >= 11 is 0. The Morgan fingerprint density at radius 3 is 2.88 bits per heavy atom. The van der Waals surface area contributed by atoms with Crippen LogP contribution in [0, 0.1) is 12.8 Å². The van der Waals surface area contributed by atoms with Gasteiger partial charge >= 0.3 is 5.97 Å². The maximum atomic E-state index is 11.2. The number of hydrogen-bond acceptors (Lipinski definition) is 5. The van der Waals surface area contributed by atoms with Crippen LogP contribution in [0.25, 0.3) is 0 Å². The maximum Gasteiger partial charge on any atom is 0.309 e. The summed E-state index contributed by atoms with van der Waals surface area (Å²) in [5, 5.41) is 3.90. The Kier molecular flexibility index (Phi) is 4.49. The van der Waals surface area contributed by atoms with Gasteiger partial charge in [0.25, 0.3) is 0 Å². The highest BCUT2D eigenvalue weighted by Crippen LogP contribution is 2.07. The number of carbonyl (C=O) groups excluding carboxylic acids is 1. The van der Waals surface area contributed by atoms with Gasteiger partial charge in [0, 0.05) is 19.2 Å². The van der Waals surface area contributed by atoms with E-state index in [0.29, 0.717) is 13.1 Å². The van der Waals surface area contributed by atoms with Crippen LogP contribution in [0.15, 0.2) is 10.6 Å². The molecular weight excluding hydrogens is 208 g/mol. The van der Waals surface area contributed by atoms with Crippen molar-refractivity contribution in [2.75, 3.05) is 20.7 Å². The zero-order chi connectivity index (χ0) is 12.1. The smallest absolute Gasteiger partial charge is 0.309 e. The molecule has 5 nitrogen and oxygen atoms in total. The van der Waals surface area contributed by atoms with Gasteiger partial charge in [0.1, 0.15) is 5.76 Å². The molecule has 1 aromatic rings. The number of nitrogens with zero attached hydrogens (tertiary/aromatic N) is 2. The van der Waals surface area contributed by atoms with Gasteiger partial charge in [-0.1, -0.05) is 12.1 Å². The molecule has 16 heavy (non-hydrogen) atoms. The number of aromatic nitrogens is 1. The van der Waals surface area contributed by atoms with Crippen LogP contribution in [0.3, 0.4) is 0 Å². The third-order valence-corrected chi connectivity index (χ3v) is 2.30. The molecule has 1 unspecified atom stereocenters. The number of carbonyl (C=O) groups is 1. The first kappa shape index (κ1) is 12.7. The molecule has 0 aliphatic carbocycles. The molecule has 1 atom stereocenters. The predicted molar refractivity (Wildman–Crippen MR) is 58.8 cm³/mol. The van der Waals surface area contributed by atoms with E-state index in [1.807, 2.05) is 31.9 Å². The van der Waals surface area contributed by atoms with Crippen molar-refractivity contribution in [3.8, 4) is 0 Å². The van der Waals surface area contributed by atoms with E-state index >= 15 is 0 Å². The lowest BCUT2D eigenvalue weighted by molar-refractivity contribution is -0.145. The summed E-state index contributed by atoms with van der Waals surface area (Å²) in [6.45, 7) is 5.00. The Bertz CT molecular complexity index is 349. The van der Waals surface area contributed by atoms with Gasteiger partial charge in [-0.25, -0.2) is 0 Å². The average molecular weight is 226 g/mol. The minimum atomic E-state index is -0.191. The summed E-state index contributed by atoms with van der Waals surface area (Å²) in [7, 11) is 3.34. The fourth-order valence-electron chi connectivity index (χ4n) is 1.58. The lowest BCUT2D eigenvalue weighted by atomic mass is 10.1. The summed E-state index contributed by atoms with van der Waals surface area (Å²) in [5.41, 5.74) is 0.872. The molecule has 5 heteroatoms. The van der Waals surface area contributed by atoms with Crippen molar-refractivity contribution in [1.82, 2.24) is 10.1 Å². The number of rotatable bonds is 5. The molecule has 0 amide bonds. The molecule has 0 aliphatic rings. The number of ether oxygens (including phenoxy) is 1. The predicted octanol–water partition coefficient (Wildman–Crippen LogP) is 1.22. The molecule has 0 saturated carbocycles. The standard InChI is InChI=1S/C11H18N2O3/c1-8(11(14)15-4)6-13(3)7-10-5-9(2)16-12-10/h5,8H,6-7H2,1-4H3. The molecule has 0 fully saturated rings. The second-order valence-corrected chi connectivity index (χ2v) is 4.05. The van der Waals surface area contributed by atoms with Crippen LogP contribution in [0.4, 0.5) is 0 Å². The normalized spacial score (nSPS) is 12.8. The molecular formula is C11H18N2O3. The van der Waals surface area contributed by atoms with Crippen LogP contribution < -0.4 is 0 Å². The summed E-state index contributed by atoms with van der Waals surface area (Å²) in [4.78, 5) is 13.2. The quantitative estimate of drug-likeness (QED) is 0.707. The van der Waals surface area contributed by atoms with E-state index in [2.05, 4.69) is 9.89 Å². The lowest BCUT2D eigenvalue weighted by Crippen LogP contribution is -2.29. The molecule has 1 heterocycles. The third-order valence-electron chi connectivity index (χ3n) is 2.30. The van der Waals surface area contributed by atoms with Crippen LogP contribution >= 0.6 is 0 Å². The van der Waals surface area contributed by atoms with Crippen LogP contribution in [0.2, 0.25) is 0 Å². The Balaban J connectivity index is 2.41. The van der Waals surface area contributed by atoms with Gasteiger partial charge in [0.2, 0.25) is 0 Å². The molecule has 1 rings (SSSR count). The second-order valence-electron chi connectivity index (χ2n) is 4.05. The Hall–Kier alpha value is -1.36. The molecule has 0 aliphatic heterocycles. The zero-order valence-corrected chi connectivity index (χ0v) is 10.2. The van der Waals surface area contributed by atoms with E-state index in [1.54, 1.807) is 0 Å². The number of methoxy groups -OCH3 is 1. The molecule has 1 aromatic heterocycles. The first-order valence-electron chi connectivity index (χ1n) is 5.21. The number of aryl methyl sites for hydroxylation is 1. The summed E-state index contributed by atoms with van der Waals surface area (Å²) in [6, 6.07) is 1.89. The third kappa shape index (κ3) is 3.66. The SMILES string of the molecule is COC(=O)C(C)CN(C)Cc1cc(C)on1.